The van der Waals surface area contributed by atoms with Crippen LogP contribution in [-0.2, 0) is 9.45 Å². The van der Waals surface area contributed by atoms with Crippen molar-refractivity contribution in [3.05, 3.63) is 0 Å². The van der Waals surface area contributed by atoms with Gasteiger partial charge < -0.3 is 4.65 Å². The lowest BCUT2D eigenvalue weighted by atomic mass is 9.10. The highest BCUT2D eigenvalue weighted by Gasteiger charge is 2.35. The molecular formula is C7H16B5O2. The van der Waals surface area contributed by atoms with E-state index in [0.717, 1.165) is 7.37 Å². The summed E-state index contributed by atoms with van der Waals surface area (Å²) in [6.45, 7) is 2.71. The Kier molecular flexibility index (Phi) is 11.3. The summed E-state index contributed by atoms with van der Waals surface area (Å²) in [5, 5.41) is -0.865. The summed E-state index contributed by atoms with van der Waals surface area (Å²) in [6, 6.07) is 0. The van der Waals surface area contributed by atoms with Gasteiger partial charge in [-0.2, -0.15) is 0 Å². The normalized spacial score (nSPS) is 12.4. The van der Waals surface area contributed by atoms with E-state index in [1.54, 1.807) is 6.92 Å². The van der Waals surface area contributed by atoms with Crippen LogP contribution in [0.2, 0.25) is 5.31 Å². The summed E-state index contributed by atoms with van der Waals surface area (Å²) < 4.78 is 4.51. The van der Waals surface area contributed by atoms with Crippen molar-refractivity contribution in [2.45, 2.75) is 40.4 Å². The largest absolute Gasteiger partial charge is 0.550 e. The fourth-order valence-corrected chi connectivity index (χ4v) is 0.713. The third-order valence-electron chi connectivity index (χ3n) is 2.11. The topological polar surface area (TPSA) is 26.3 Å². The van der Waals surface area contributed by atoms with Gasteiger partial charge in [0.1, 0.15) is 0 Å². The second kappa shape index (κ2) is 8.13. The first kappa shape index (κ1) is 19.4. The van der Waals surface area contributed by atoms with Gasteiger partial charge in [0.25, 0.3) is 5.97 Å². The van der Waals surface area contributed by atoms with Crippen LogP contribution in [0.25, 0.3) is 0 Å². The lowest BCUT2D eigenvalue weighted by Gasteiger charge is -2.29. The van der Waals surface area contributed by atoms with Crippen LogP contribution >= 0.6 is 0 Å². The van der Waals surface area contributed by atoms with Gasteiger partial charge in [0.15, 0.2) is 0 Å². The zero-order valence-electron chi connectivity index (χ0n) is 7.41. The van der Waals surface area contributed by atoms with E-state index in [4.69, 9.17) is 23.2 Å². The number of carbonyl (C=O) groups is 1. The lowest BCUT2D eigenvalue weighted by Crippen LogP contribution is -2.39. The molecule has 7 heteroatoms. The maximum atomic E-state index is 11.2. The molecule has 7 radical (unpaired) electrons. The van der Waals surface area contributed by atoms with Crippen LogP contribution in [0.5, 0.6) is 0 Å². The average Bonchev–Trinajstić information content (AvgIpc) is 2.03. The predicted molar refractivity (Wildman–Crippen MR) is 67.0 cm³/mol. The molecule has 71 valence electrons. The summed E-state index contributed by atoms with van der Waals surface area (Å²) in [6.07, 6.45) is 0.511. The van der Waals surface area contributed by atoms with Gasteiger partial charge >= 0.3 is 7.37 Å². The summed E-state index contributed by atoms with van der Waals surface area (Å²) in [7, 11) is 16.6. The van der Waals surface area contributed by atoms with E-state index in [1.807, 2.05) is 6.92 Å². The molecule has 1 atom stereocenters. The van der Waals surface area contributed by atoms with Gasteiger partial charge in [-0.15, -0.1) is 0 Å². The van der Waals surface area contributed by atoms with E-state index in [0.29, 0.717) is 6.42 Å². The molecular weight excluding hydrogens is 170 g/mol. The Balaban J connectivity index is -0.000000605. The van der Waals surface area contributed by atoms with Crippen LogP contribution in [0.4, 0.5) is 0 Å². The molecule has 0 aromatic heterocycles. The third kappa shape index (κ3) is 4.34. The Morgan fingerprint density at radius 2 is 1.93 bits per heavy atom. The maximum Gasteiger partial charge on any atom is 0.306 e. The monoisotopic (exact) mass is 187 g/mol. The predicted octanol–water partition coefficient (Wildman–Crippen LogP) is 0.500. The van der Waals surface area contributed by atoms with Crippen LogP contribution in [0, 0.1) is 0 Å². The van der Waals surface area contributed by atoms with Crippen molar-refractivity contribution >= 4 is 43.0 Å². The minimum absolute atomic E-state index is 0. The molecule has 0 spiro atoms. The van der Waals surface area contributed by atoms with E-state index in [1.165, 1.54) is 0 Å². The fourth-order valence-electron chi connectivity index (χ4n) is 0.713. The minimum Gasteiger partial charge on any atom is -0.550 e. The van der Waals surface area contributed by atoms with E-state index in [2.05, 4.69) is 4.65 Å². The molecule has 0 aliphatic heterocycles. The molecule has 0 rings (SSSR count). The first-order valence-corrected chi connectivity index (χ1v) is 3.74. The molecule has 0 amide bonds. The number of carbonyl (C=O) groups excluding carboxylic acids is 1. The van der Waals surface area contributed by atoms with E-state index >= 15 is 0 Å². The Morgan fingerprint density at radius 1 is 1.50 bits per heavy atom. The Labute approximate surface area is 93.5 Å². The molecule has 14 heavy (non-hydrogen) atoms. The van der Waals surface area contributed by atoms with E-state index < -0.39 is 17.8 Å². The SMILES string of the molecule is C.C.[B][B]OC(=O)C(C)(CC)B([B])[B]. The molecule has 0 saturated heterocycles. The van der Waals surface area contributed by atoms with Crippen LogP contribution in [-0.4, -0.2) is 43.0 Å². The van der Waals surface area contributed by atoms with Crippen molar-refractivity contribution in [1.82, 2.24) is 0 Å². The fraction of sp³-hybridized carbons (Fsp3) is 0.857. The Morgan fingerprint density at radius 3 is 2.14 bits per heavy atom. The second-order valence-electron chi connectivity index (χ2n) is 2.84. The average molecular weight is 186 g/mol. The molecule has 0 aromatic carbocycles. The summed E-state index contributed by atoms with van der Waals surface area (Å²) >= 11 is 0. The molecule has 0 N–H and O–H groups in total. The van der Waals surface area contributed by atoms with Crippen molar-refractivity contribution < 1.29 is 9.45 Å². The molecule has 0 heterocycles. The van der Waals surface area contributed by atoms with Crippen molar-refractivity contribution in [2.75, 3.05) is 0 Å². The molecule has 0 bridgehead atoms. The lowest BCUT2D eigenvalue weighted by molar-refractivity contribution is -0.137. The second-order valence-corrected chi connectivity index (χ2v) is 2.84. The highest BCUT2D eigenvalue weighted by molar-refractivity contribution is 7.31. The number of hydrogen-bond donors (Lipinski definition) is 0. The Hall–Kier alpha value is -0.205. The first-order valence-electron chi connectivity index (χ1n) is 3.74. The zero-order chi connectivity index (χ0) is 9.78. The van der Waals surface area contributed by atoms with Crippen molar-refractivity contribution in [3.8, 4) is 0 Å². The minimum atomic E-state index is -0.865. The van der Waals surface area contributed by atoms with Crippen LogP contribution < -0.4 is 0 Å². The molecule has 0 aromatic rings. The summed E-state index contributed by atoms with van der Waals surface area (Å²) in [4.78, 5) is 11.2. The van der Waals surface area contributed by atoms with Crippen LogP contribution in [0.15, 0.2) is 0 Å². The van der Waals surface area contributed by atoms with Gasteiger partial charge in [-0.25, -0.2) is 0 Å². The van der Waals surface area contributed by atoms with Crippen LogP contribution in [0.3, 0.4) is 0 Å². The molecule has 1 unspecified atom stereocenters. The maximum absolute atomic E-state index is 11.2. The molecule has 0 aliphatic carbocycles. The summed E-state index contributed by atoms with van der Waals surface area (Å²) in [5.41, 5.74) is 0. The van der Waals surface area contributed by atoms with E-state index in [-0.39, 0.29) is 14.9 Å². The van der Waals surface area contributed by atoms with Gasteiger partial charge in [0, 0.05) is 20.8 Å². The van der Waals surface area contributed by atoms with Crippen molar-refractivity contribution in [2.24, 2.45) is 0 Å². The molecule has 0 saturated carbocycles. The van der Waals surface area contributed by atoms with Crippen molar-refractivity contribution in [3.63, 3.8) is 0 Å². The molecule has 2 nitrogen and oxygen atoms in total. The zero-order valence-corrected chi connectivity index (χ0v) is 7.41. The quantitative estimate of drug-likeness (QED) is 0.598. The molecule has 0 aliphatic rings. The summed E-state index contributed by atoms with van der Waals surface area (Å²) in [5.74, 6) is -0.498. The molecule has 0 fully saturated rings. The van der Waals surface area contributed by atoms with Gasteiger partial charge in [-0.3, -0.25) is 4.79 Å². The third-order valence-corrected chi connectivity index (χ3v) is 2.11. The van der Waals surface area contributed by atoms with Gasteiger partial charge in [0.05, 0.1) is 14.2 Å². The van der Waals surface area contributed by atoms with Gasteiger partial charge in [-0.1, -0.05) is 28.7 Å². The smallest absolute Gasteiger partial charge is 0.306 e. The number of hydrogen-bond acceptors (Lipinski definition) is 2. The van der Waals surface area contributed by atoms with Crippen molar-refractivity contribution in [1.29, 1.82) is 0 Å². The Bertz CT molecular complexity index is 164. The van der Waals surface area contributed by atoms with Gasteiger partial charge in [0.2, 0.25) is 0 Å². The van der Waals surface area contributed by atoms with Gasteiger partial charge in [-0.05, 0) is 6.42 Å². The number of rotatable bonds is 4. The highest BCUT2D eigenvalue weighted by Crippen LogP contribution is 2.32. The van der Waals surface area contributed by atoms with Crippen LogP contribution in [0.1, 0.15) is 35.1 Å². The first-order chi connectivity index (χ1) is 5.49. The van der Waals surface area contributed by atoms with E-state index in [9.17, 15) is 4.79 Å². The standard InChI is InChI=1S/C5H8B5O2.2CH4/c1-3-5(2,10(7)8)4(11)12-9-6;;/h3H2,1-2H3;2*1H4. The highest BCUT2D eigenvalue weighted by atomic mass is 16.5.